The zero-order chi connectivity index (χ0) is 17.9. The van der Waals surface area contributed by atoms with Gasteiger partial charge in [-0.25, -0.2) is 0 Å². The van der Waals surface area contributed by atoms with E-state index in [9.17, 15) is 4.79 Å². The lowest BCUT2D eigenvalue weighted by molar-refractivity contribution is -0.129. The van der Waals surface area contributed by atoms with Crippen molar-refractivity contribution in [3.8, 4) is 11.8 Å². The van der Waals surface area contributed by atoms with Gasteiger partial charge in [0.05, 0.1) is 0 Å². The second-order valence-corrected chi connectivity index (χ2v) is 7.92. The summed E-state index contributed by atoms with van der Waals surface area (Å²) in [6.45, 7) is 1.43. The zero-order valence-electron chi connectivity index (χ0n) is 14.6. The third-order valence-corrected chi connectivity index (χ3v) is 6.10. The number of likely N-dealkylation sites (tertiary alicyclic amines) is 1. The Bertz CT molecular complexity index is 839. The van der Waals surface area contributed by atoms with Crippen LogP contribution >= 0.6 is 11.3 Å². The molecule has 1 atom stereocenters. The van der Waals surface area contributed by atoms with E-state index < -0.39 is 0 Å². The van der Waals surface area contributed by atoms with Crippen molar-refractivity contribution >= 4 is 17.2 Å². The summed E-state index contributed by atoms with van der Waals surface area (Å²) in [5.74, 6) is 5.85. The van der Waals surface area contributed by atoms with Gasteiger partial charge in [0.1, 0.15) is 6.61 Å². The Balaban J connectivity index is 1.32. The Kier molecular flexibility index (Phi) is 5.07. The number of hydrogen-bond acceptors (Lipinski definition) is 4. The molecule has 1 amide bonds. The predicted octanol–water partition coefficient (Wildman–Crippen LogP) is 1.95. The zero-order valence-corrected chi connectivity index (χ0v) is 15.4. The molecular weight excluding hydrogens is 344 g/mol. The SMILES string of the molecule is O=C1C[C@@H](NCc2cc(C#CCO)cs2)CN1C1Cc2ccccc2C1. The molecule has 2 aromatic rings. The summed E-state index contributed by atoms with van der Waals surface area (Å²) in [5.41, 5.74) is 3.71. The van der Waals surface area contributed by atoms with Crippen LogP contribution in [0.3, 0.4) is 0 Å². The van der Waals surface area contributed by atoms with E-state index in [1.165, 1.54) is 16.0 Å². The van der Waals surface area contributed by atoms with Gasteiger partial charge >= 0.3 is 0 Å². The fourth-order valence-electron chi connectivity index (χ4n) is 3.90. The molecule has 0 radical (unpaired) electrons. The first-order chi connectivity index (χ1) is 12.7. The number of hydrogen-bond donors (Lipinski definition) is 2. The number of thiophene rings is 1. The van der Waals surface area contributed by atoms with E-state index in [4.69, 9.17) is 5.11 Å². The lowest BCUT2D eigenvalue weighted by Gasteiger charge is -2.24. The predicted molar refractivity (Wildman–Crippen MR) is 103 cm³/mol. The molecule has 1 aliphatic heterocycles. The van der Waals surface area contributed by atoms with Crippen molar-refractivity contribution < 1.29 is 9.90 Å². The van der Waals surface area contributed by atoms with Crippen molar-refractivity contribution in [3.63, 3.8) is 0 Å². The molecule has 0 unspecified atom stereocenters. The summed E-state index contributed by atoms with van der Waals surface area (Å²) in [4.78, 5) is 15.8. The second kappa shape index (κ2) is 7.63. The van der Waals surface area contributed by atoms with E-state index in [-0.39, 0.29) is 18.6 Å². The van der Waals surface area contributed by atoms with Gasteiger partial charge in [-0.2, -0.15) is 0 Å². The molecule has 1 aromatic carbocycles. The molecule has 1 fully saturated rings. The highest BCUT2D eigenvalue weighted by Crippen LogP contribution is 2.28. The molecule has 2 aliphatic rings. The van der Waals surface area contributed by atoms with Crippen molar-refractivity contribution in [1.29, 1.82) is 0 Å². The fourth-order valence-corrected chi connectivity index (χ4v) is 4.67. The Labute approximate surface area is 157 Å². The maximum absolute atomic E-state index is 12.5. The topological polar surface area (TPSA) is 52.6 Å². The highest BCUT2D eigenvalue weighted by Gasteiger charge is 2.36. The minimum absolute atomic E-state index is 0.117. The average molecular weight is 366 g/mol. The Hall–Kier alpha value is -2.13. The van der Waals surface area contributed by atoms with Gasteiger partial charge in [-0.3, -0.25) is 4.79 Å². The van der Waals surface area contributed by atoms with Gasteiger partial charge < -0.3 is 15.3 Å². The molecule has 5 heteroatoms. The van der Waals surface area contributed by atoms with E-state index >= 15 is 0 Å². The largest absolute Gasteiger partial charge is 0.384 e. The monoisotopic (exact) mass is 366 g/mol. The minimum Gasteiger partial charge on any atom is -0.384 e. The molecule has 2 N–H and O–H groups in total. The summed E-state index contributed by atoms with van der Waals surface area (Å²) in [6.07, 6.45) is 2.54. The maximum Gasteiger partial charge on any atom is 0.224 e. The number of amides is 1. The Morgan fingerprint density at radius 3 is 2.73 bits per heavy atom. The van der Waals surface area contributed by atoms with Crippen LogP contribution < -0.4 is 5.32 Å². The van der Waals surface area contributed by atoms with Crippen LogP contribution in [-0.2, 0) is 24.2 Å². The van der Waals surface area contributed by atoms with Crippen LogP contribution in [0, 0.1) is 11.8 Å². The number of carbonyl (C=O) groups is 1. The molecule has 26 heavy (non-hydrogen) atoms. The molecule has 0 saturated carbocycles. The van der Waals surface area contributed by atoms with Crippen molar-refractivity contribution in [2.24, 2.45) is 0 Å². The number of benzene rings is 1. The van der Waals surface area contributed by atoms with Crippen LogP contribution in [-0.4, -0.2) is 41.1 Å². The van der Waals surface area contributed by atoms with E-state index in [0.717, 1.165) is 31.5 Å². The number of aliphatic hydroxyl groups excluding tert-OH is 1. The van der Waals surface area contributed by atoms with Crippen molar-refractivity contribution in [3.05, 3.63) is 57.3 Å². The lowest BCUT2D eigenvalue weighted by atomic mass is 10.1. The first-order valence-corrected chi connectivity index (χ1v) is 9.87. The fraction of sp³-hybridized carbons (Fsp3) is 0.381. The van der Waals surface area contributed by atoms with Crippen LogP contribution in [0.1, 0.15) is 28.0 Å². The maximum atomic E-state index is 12.5. The number of nitrogens with zero attached hydrogens (tertiary/aromatic N) is 1. The standard InChI is InChI=1S/C21H22N2O2S/c24-7-3-4-15-8-20(26-14-15)12-22-18-11-21(25)23(13-18)19-9-16-5-1-2-6-17(16)10-19/h1-2,5-6,8,14,18-19,22,24H,7,9-13H2/t18-/m1/s1. The first-order valence-electron chi connectivity index (χ1n) is 8.99. The van der Waals surface area contributed by atoms with Crippen molar-refractivity contribution in [1.82, 2.24) is 10.2 Å². The Morgan fingerprint density at radius 2 is 2.00 bits per heavy atom. The molecule has 2 heterocycles. The summed E-state index contributed by atoms with van der Waals surface area (Å²) in [6, 6.07) is 11.1. The van der Waals surface area contributed by atoms with Crippen LogP contribution in [0.15, 0.2) is 35.7 Å². The molecular formula is C21H22N2O2S. The second-order valence-electron chi connectivity index (χ2n) is 6.92. The van der Waals surface area contributed by atoms with Gasteiger partial charge in [-0.15, -0.1) is 11.3 Å². The lowest BCUT2D eigenvalue weighted by Crippen LogP contribution is -2.39. The highest BCUT2D eigenvalue weighted by atomic mass is 32.1. The summed E-state index contributed by atoms with van der Waals surface area (Å²) in [5, 5.41) is 14.3. The normalized spacial score (nSPS) is 19.5. The molecule has 1 aliphatic carbocycles. The molecule has 1 saturated heterocycles. The van der Waals surface area contributed by atoms with Crippen LogP contribution in [0.4, 0.5) is 0 Å². The number of aliphatic hydroxyl groups is 1. The third-order valence-electron chi connectivity index (χ3n) is 5.16. The van der Waals surface area contributed by atoms with Crippen LogP contribution in [0.5, 0.6) is 0 Å². The number of nitrogens with one attached hydrogen (secondary N) is 1. The molecule has 0 bridgehead atoms. The average Bonchev–Trinajstić information content (AvgIpc) is 3.35. The van der Waals surface area contributed by atoms with E-state index in [1.54, 1.807) is 11.3 Å². The third kappa shape index (κ3) is 3.68. The smallest absolute Gasteiger partial charge is 0.224 e. The molecule has 4 rings (SSSR count). The minimum atomic E-state index is -0.117. The van der Waals surface area contributed by atoms with Gasteiger partial charge in [-0.1, -0.05) is 36.1 Å². The van der Waals surface area contributed by atoms with E-state index in [1.807, 2.05) is 11.4 Å². The number of rotatable bonds is 4. The first kappa shape index (κ1) is 17.3. The van der Waals surface area contributed by atoms with E-state index in [2.05, 4.69) is 46.3 Å². The number of fused-ring (bicyclic) bond motifs is 1. The summed E-state index contributed by atoms with van der Waals surface area (Å²) in [7, 11) is 0. The van der Waals surface area contributed by atoms with Gasteiger partial charge in [0, 0.05) is 47.4 Å². The van der Waals surface area contributed by atoms with Gasteiger partial charge in [-0.05, 0) is 30.0 Å². The molecule has 0 spiro atoms. The summed E-state index contributed by atoms with van der Waals surface area (Å²) < 4.78 is 0. The molecule has 4 nitrogen and oxygen atoms in total. The van der Waals surface area contributed by atoms with E-state index in [0.29, 0.717) is 12.5 Å². The van der Waals surface area contributed by atoms with Crippen LogP contribution in [0.25, 0.3) is 0 Å². The highest BCUT2D eigenvalue weighted by molar-refractivity contribution is 7.10. The van der Waals surface area contributed by atoms with Gasteiger partial charge in [0.25, 0.3) is 0 Å². The quantitative estimate of drug-likeness (QED) is 0.814. The van der Waals surface area contributed by atoms with Crippen LogP contribution in [0.2, 0.25) is 0 Å². The Morgan fingerprint density at radius 1 is 1.23 bits per heavy atom. The molecule has 134 valence electrons. The molecule has 1 aromatic heterocycles. The van der Waals surface area contributed by atoms with Gasteiger partial charge in [0.2, 0.25) is 5.91 Å². The summed E-state index contributed by atoms with van der Waals surface area (Å²) >= 11 is 1.66. The number of carbonyl (C=O) groups excluding carboxylic acids is 1. The van der Waals surface area contributed by atoms with Crippen molar-refractivity contribution in [2.75, 3.05) is 13.2 Å². The van der Waals surface area contributed by atoms with Crippen molar-refractivity contribution in [2.45, 2.75) is 37.9 Å². The van der Waals surface area contributed by atoms with Gasteiger partial charge in [0.15, 0.2) is 0 Å².